The molecule has 0 unspecified atom stereocenters. The summed E-state index contributed by atoms with van der Waals surface area (Å²) in [5.74, 6) is -0.109. The summed E-state index contributed by atoms with van der Waals surface area (Å²) in [6, 6.07) is 4.02. The van der Waals surface area contributed by atoms with Crippen molar-refractivity contribution in [3.05, 3.63) is 29.3 Å². The molecule has 0 saturated carbocycles. The Morgan fingerprint density at radius 2 is 1.82 bits per heavy atom. The van der Waals surface area contributed by atoms with Crippen LogP contribution in [0.15, 0.2) is 23.8 Å². The molecule has 0 fully saturated rings. The molecule has 0 atom stereocenters. The van der Waals surface area contributed by atoms with Gasteiger partial charge in [0.1, 0.15) is 5.75 Å². The van der Waals surface area contributed by atoms with Gasteiger partial charge in [-0.3, -0.25) is 0 Å². The second kappa shape index (κ2) is 12.9. The first-order chi connectivity index (χ1) is 7.13. The smallest absolute Gasteiger partial charge is 0.872 e. The summed E-state index contributed by atoms with van der Waals surface area (Å²) in [7, 11) is 0. The molecule has 0 spiro atoms. The number of phenols is 1. The van der Waals surface area contributed by atoms with E-state index in [4.69, 9.17) is 20.7 Å². The van der Waals surface area contributed by atoms with E-state index in [-0.39, 0.29) is 77.2 Å². The summed E-state index contributed by atoms with van der Waals surface area (Å²) in [5.41, 5.74) is 1.08. The third-order valence-electron chi connectivity index (χ3n) is 1.64. The van der Waals surface area contributed by atoms with Gasteiger partial charge in [-0.25, -0.2) is 0 Å². The van der Waals surface area contributed by atoms with Gasteiger partial charge in [0.15, 0.2) is 0 Å². The molecule has 0 aliphatic heterocycles. The number of aromatic hydroxyl groups is 1. The van der Waals surface area contributed by atoms with Crippen molar-refractivity contribution in [2.75, 3.05) is 6.61 Å². The average molecular weight is 258 g/mol. The Hall–Kier alpha value is 0.440. The van der Waals surface area contributed by atoms with E-state index >= 15 is 0 Å². The molecule has 0 aromatic heterocycles. The molecule has 3 N–H and O–H groups in total. The quantitative estimate of drug-likeness (QED) is 0.278. The van der Waals surface area contributed by atoms with E-state index in [0.29, 0.717) is 11.1 Å². The van der Waals surface area contributed by atoms with E-state index in [0.717, 1.165) is 0 Å². The molecule has 0 amide bonds. The van der Waals surface area contributed by atoms with Crippen molar-refractivity contribution >= 4 is 6.08 Å². The van der Waals surface area contributed by atoms with Crippen molar-refractivity contribution in [2.45, 2.75) is 6.92 Å². The Bertz CT molecular complexity index is 341. The third-order valence-corrected chi connectivity index (χ3v) is 1.64. The van der Waals surface area contributed by atoms with Crippen LogP contribution >= 0.6 is 0 Å². The fraction of sp³-hybridized carbons (Fsp3) is 0.200. The molecule has 0 aliphatic carbocycles. The molecule has 5 nitrogen and oxygen atoms in total. The van der Waals surface area contributed by atoms with Gasteiger partial charge in [-0.15, -0.1) is 5.75 Å². The van der Waals surface area contributed by atoms with Crippen molar-refractivity contribution in [3.63, 3.8) is 0 Å². The van der Waals surface area contributed by atoms with Crippen LogP contribution in [0.2, 0.25) is 0 Å². The maximum atomic E-state index is 11.2. The van der Waals surface area contributed by atoms with Crippen LogP contribution in [0.3, 0.4) is 0 Å². The maximum Gasteiger partial charge on any atom is 1.00 e. The number of benzene rings is 1. The van der Waals surface area contributed by atoms with Gasteiger partial charge >= 0.3 is 59.1 Å². The minimum Gasteiger partial charge on any atom is -0.872 e. The first kappa shape index (κ1) is 22.6. The zero-order valence-corrected chi connectivity index (χ0v) is 14.2. The van der Waals surface area contributed by atoms with E-state index in [1.54, 1.807) is 13.0 Å². The normalized spacial score (nSPS) is 9.29. The molecule has 1 rings (SSSR count). The van der Waals surface area contributed by atoms with Crippen LogP contribution in [0.25, 0.3) is 6.08 Å². The maximum absolute atomic E-state index is 11.2. The van der Waals surface area contributed by atoms with Crippen LogP contribution in [-0.2, 0) is 0 Å². The predicted octanol–water partition coefficient (Wildman–Crippen LogP) is -6.31. The molecule has 0 heterocycles. The van der Waals surface area contributed by atoms with Crippen LogP contribution in [-0.4, -0.2) is 22.1 Å². The van der Waals surface area contributed by atoms with Gasteiger partial charge in [-0.1, -0.05) is 12.1 Å². The Morgan fingerprint density at radius 1 is 1.29 bits per heavy atom. The van der Waals surface area contributed by atoms with E-state index in [9.17, 15) is 5.11 Å². The Labute approximate surface area is 144 Å². The minimum absolute atomic E-state index is 0. The van der Waals surface area contributed by atoms with Crippen molar-refractivity contribution in [3.8, 4) is 11.5 Å². The van der Waals surface area contributed by atoms with Crippen molar-refractivity contribution < 1.29 is 84.9 Å². The summed E-state index contributed by atoms with van der Waals surface area (Å²) >= 11 is 0. The standard InChI is InChI=1S/C10H12O3.2Na.H2O2/c1-7(6-11)4-8-5-9(12)2-3-10(8)13;;;1-2/h2-5,11-13H,6H2,1H3;;;1-2H/q;2*+1;/p-2/b7-4+;;;. The molecule has 0 radical (unpaired) electrons. The molecular weight excluding hydrogens is 246 g/mol. The average Bonchev–Trinajstić information content (AvgIpc) is 2.26. The van der Waals surface area contributed by atoms with Crippen LogP contribution < -0.4 is 69.5 Å². The van der Waals surface area contributed by atoms with Crippen LogP contribution in [0.1, 0.15) is 12.5 Å². The third kappa shape index (κ3) is 9.07. The molecular formula is C10H12Na2O5. The van der Waals surface area contributed by atoms with Gasteiger partial charge in [0.2, 0.25) is 0 Å². The van der Waals surface area contributed by atoms with E-state index < -0.39 is 0 Å². The summed E-state index contributed by atoms with van der Waals surface area (Å²) in [5, 5.41) is 42.0. The van der Waals surface area contributed by atoms with Crippen molar-refractivity contribution in [1.29, 1.82) is 0 Å². The summed E-state index contributed by atoms with van der Waals surface area (Å²) in [6.45, 7) is 1.62. The van der Waals surface area contributed by atoms with Gasteiger partial charge in [0.25, 0.3) is 0 Å². The fourth-order valence-corrected chi connectivity index (χ4v) is 0.960. The van der Waals surface area contributed by atoms with E-state index in [2.05, 4.69) is 0 Å². The molecule has 1 aromatic rings. The predicted molar refractivity (Wildman–Crippen MR) is 50.9 cm³/mol. The Kier molecular flexibility index (Phi) is 17.1. The van der Waals surface area contributed by atoms with Crippen LogP contribution in [0.5, 0.6) is 11.5 Å². The van der Waals surface area contributed by atoms with Gasteiger partial charge in [0, 0.05) is 0 Å². The Morgan fingerprint density at radius 3 is 2.29 bits per heavy atom. The van der Waals surface area contributed by atoms with Gasteiger partial charge < -0.3 is 25.8 Å². The van der Waals surface area contributed by atoms with Crippen LogP contribution in [0.4, 0.5) is 0 Å². The molecule has 1 aromatic carbocycles. The Balaban J connectivity index is -0.000000464. The molecule has 84 valence electrons. The zero-order valence-electron chi connectivity index (χ0n) is 10.2. The molecule has 7 heteroatoms. The topological polar surface area (TPSA) is 107 Å². The summed E-state index contributed by atoms with van der Waals surface area (Å²) in [4.78, 5) is 0. The van der Waals surface area contributed by atoms with Gasteiger partial charge in [0.05, 0.1) is 6.61 Å². The first-order valence-electron chi connectivity index (χ1n) is 4.10. The summed E-state index contributed by atoms with van der Waals surface area (Å²) in [6.07, 6.45) is 1.56. The molecule has 0 aliphatic rings. The van der Waals surface area contributed by atoms with Crippen molar-refractivity contribution in [1.82, 2.24) is 0 Å². The minimum atomic E-state index is -0.161. The molecule has 0 bridgehead atoms. The van der Waals surface area contributed by atoms with E-state index in [1.165, 1.54) is 18.2 Å². The SMILES string of the molecule is C/C(=C\c1cc(O)ccc1[O-])CO.[Na+].[Na+].[O-]O. The second-order valence-electron chi connectivity index (χ2n) is 2.87. The zero-order chi connectivity index (χ0) is 11.8. The van der Waals surface area contributed by atoms with Crippen LogP contribution in [0, 0.1) is 0 Å². The number of hydrogen-bond donors (Lipinski definition) is 3. The number of aliphatic hydroxyl groups is 1. The van der Waals surface area contributed by atoms with Gasteiger partial charge in [-0.2, -0.15) is 0 Å². The second-order valence-corrected chi connectivity index (χ2v) is 2.87. The first-order valence-corrected chi connectivity index (χ1v) is 4.10. The number of hydrogen-bond acceptors (Lipinski definition) is 5. The molecule has 17 heavy (non-hydrogen) atoms. The van der Waals surface area contributed by atoms with Crippen molar-refractivity contribution in [2.24, 2.45) is 0 Å². The summed E-state index contributed by atoms with van der Waals surface area (Å²) < 4.78 is 0. The largest absolute Gasteiger partial charge is 1.00 e. The van der Waals surface area contributed by atoms with Gasteiger partial charge in [-0.05, 0) is 30.2 Å². The number of rotatable bonds is 2. The van der Waals surface area contributed by atoms with E-state index in [1.807, 2.05) is 0 Å². The number of aliphatic hydroxyl groups excluding tert-OH is 1. The molecule has 0 saturated heterocycles. The number of phenolic OH excluding ortho intramolecular Hbond substituents is 1. The monoisotopic (exact) mass is 258 g/mol. The fourth-order valence-electron chi connectivity index (χ4n) is 0.960.